The minimum absolute atomic E-state index is 0.0783. The van der Waals surface area contributed by atoms with Crippen LogP contribution in [0.3, 0.4) is 0 Å². The zero-order valence-electron chi connectivity index (χ0n) is 24.8. The van der Waals surface area contributed by atoms with E-state index >= 15 is 0 Å². The molecule has 4 aliphatic carbocycles. The van der Waals surface area contributed by atoms with Crippen molar-refractivity contribution < 1.29 is 28.7 Å². The largest absolute Gasteiger partial charge is 0.459 e. The summed E-state index contributed by atoms with van der Waals surface area (Å²) in [5.74, 6) is 1.47. The molecule has 8 heteroatoms. The number of benzene rings is 1. The Morgan fingerprint density at radius 3 is 2.05 bits per heavy atom. The van der Waals surface area contributed by atoms with Crippen molar-refractivity contribution in [3.63, 3.8) is 0 Å². The lowest BCUT2D eigenvalue weighted by molar-refractivity contribution is -0.153. The van der Waals surface area contributed by atoms with Crippen LogP contribution in [-0.2, 0) is 28.7 Å². The molecule has 0 spiro atoms. The van der Waals surface area contributed by atoms with Crippen LogP contribution in [0.2, 0.25) is 0 Å². The minimum Gasteiger partial charge on any atom is -0.459 e. The maximum absolute atomic E-state index is 13.7. The van der Waals surface area contributed by atoms with E-state index in [-0.39, 0.29) is 19.3 Å². The van der Waals surface area contributed by atoms with Gasteiger partial charge in [-0.3, -0.25) is 14.5 Å². The molecule has 1 aromatic carbocycles. The first-order valence-electron chi connectivity index (χ1n) is 15.9. The van der Waals surface area contributed by atoms with E-state index in [2.05, 4.69) is 12.2 Å². The molecule has 5 rings (SSSR count). The molecule has 1 aromatic rings. The Bertz CT molecular complexity index is 1100. The Hall–Kier alpha value is -2.90. The lowest BCUT2D eigenvalue weighted by Crippen LogP contribution is -2.53. The Labute approximate surface area is 243 Å². The highest BCUT2D eigenvalue weighted by molar-refractivity contribution is 6.40. The fourth-order valence-corrected chi connectivity index (χ4v) is 9.21. The third-order valence-electron chi connectivity index (χ3n) is 10.2. The normalized spacial score (nSPS) is 32.4. The molecule has 0 saturated heterocycles. The molecule has 4 aliphatic rings. The fourth-order valence-electron chi connectivity index (χ4n) is 9.21. The van der Waals surface area contributed by atoms with Crippen molar-refractivity contribution in [2.24, 2.45) is 41.4 Å². The molecule has 2 amide bonds. The average Bonchev–Trinajstić information content (AvgIpc) is 2.93. The van der Waals surface area contributed by atoms with Crippen LogP contribution in [0.25, 0.3) is 0 Å². The molecule has 4 fully saturated rings. The molecule has 4 unspecified atom stereocenters. The Kier molecular flexibility index (Phi) is 9.35. The van der Waals surface area contributed by atoms with Crippen LogP contribution < -0.4 is 10.2 Å². The van der Waals surface area contributed by atoms with Crippen molar-refractivity contribution in [2.75, 3.05) is 23.4 Å². The number of amides is 2. The van der Waals surface area contributed by atoms with E-state index in [0.29, 0.717) is 29.1 Å². The molecule has 8 nitrogen and oxygen atoms in total. The second kappa shape index (κ2) is 13.0. The predicted octanol–water partition coefficient (Wildman–Crippen LogP) is 5.74. The summed E-state index contributed by atoms with van der Waals surface area (Å²) in [6, 6.07) is 6.68. The SMILES string of the molecule is CCOC(=O)C(=O)Nc1ccccc1N(C(=O)C(=O)OCC)C1C[C@H]2CCC[C@@H](C1)C2C1C[C@H]2CC(C)C[C@@H](C1)C2. The summed E-state index contributed by atoms with van der Waals surface area (Å²) in [7, 11) is 0. The smallest absolute Gasteiger partial charge is 0.397 e. The van der Waals surface area contributed by atoms with Crippen LogP contribution in [0.5, 0.6) is 0 Å². The third-order valence-corrected chi connectivity index (χ3v) is 10.2. The summed E-state index contributed by atoms with van der Waals surface area (Å²) in [6.45, 7) is 5.90. The molecular weight excluding hydrogens is 520 g/mol. The lowest BCUT2D eigenvalue weighted by Gasteiger charge is -2.54. The van der Waals surface area contributed by atoms with Gasteiger partial charge >= 0.3 is 23.8 Å². The van der Waals surface area contributed by atoms with Crippen molar-refractivity contribution in [1.82, 2.24) is 0 Å². The van der Waals surface area contributed by atoms with Crippen LogP contribution in [0.15, 0.2) is 24.3 Å². The van der Waals surface area contributed by atoms with Crippen molar-refractivity contribution in [1.29, 1.82) is 0 Å². The van der Waals surface area contributed by atoms with Crippen LogP contribution in [0.4, 0.5) is 11.4 Å². The van der Waals surface area contributed by atoms with E-state index in [1.165, 1.54) is 38.5 Å². The van der Waals surface area contributed by atoms with Crippen molar-refractivity contribution in [2.45, 2.75) is 91.0 Å². The first-order valence-corrected chi connectivity index (χ1v) is 15.9. The van der Waals surface area contributed by atoms with Gasteiger partial charge in [0.1, 0.15) is 0 Å². The molecule has 1 N–H and O–H groups in total. The number of hydrogen-bond acceptors (Lipinski definition) is 6. The minimum atomic E-state index is -0.993. The van der Waals surface area contributed by atoms with Gasteiger partial charge in [0.2, 0.25) is 0 Å². The molecule has 0 aromatic heterocycles. The molecule has 0 heterocycles. The van der Waals surface area contributed by atoms with Crippen LogP contribution in [0.1, 0.15) is 85.0 Å². The second-order valence-electron chi connectivity index (χ2n) is 13.0. The van der Waals surface area contributed by atoms with Gasteiger partial charge < -0.3 is 14.8 Å². The molecule has 0 radical (unpaired) electrons. The van der Waals surface area contributed by atoms with Crippen LogP contribution in [0, 0.1) is 41.4 Å². The highest BCUT2D eigenvalue weighted by Gasteiger charge is 2.49. The van der Waals surface area contributed by atoms with Gasteiger partial charge in [-0.1, -0.05) is 38.3 Å². The van der Waals surface area contributed by atoms with Gasteiger partial charge in [0, 0.05) is 6.04 Å². The number of carbonyl (C=O) groups is 4. The molecule has 224 valence electrons. The highest BCUT2D eigenvalue weighted by Crippen LogP contribution is 2.56. The van der Waals surface area contributed by atoms with E-state index in [9.17, 15) is 19.2 Å². The number of nitrogens with zero attached hydrogens (tertiary/aromatic N) is 1. The lowest BCUT2D eigenvalue weighted by atomic mass is 9.53. The number of anilines is 2. The van der Waals surface area contributed by atoms with E-state index in [0.717, 1.165) is 49.4 Å². The number of carbonyl (C=O) groups excluding carboxylic acids is 4. The number of nitrogens with one attached hydrogen (secondary N) is 1. The number of esters is 2. The predicted molar refractivity (Wildman–Crippen MR) is 156 cm³/mol. The molecule has 4 bridgehead atoms. The number of rotatable bonds is 6. The molecule has 4 saturated carbocycles. The second-order valence-corrected chi connectivity index (χ2v) is 13.0. The number of para-hydroxylation sites is 2. The van der Waals surface area contributed by atoms with E-state index < -0.39 is 23.8 Å². The van der Waals surface area contributed by atoms with Gasteiger partial charge in [-0.2, -0.15) is 0 Å². The number of fused-ring (bicyclic) bond motifs is 4. The van der Waals surface area contributed by atoms with Gasteiger partial charge in [-0.15, -0.1) is 0 Å². The zero-order chi connectivity index (χ0) is 29.1. The monoisotopic (exact) mass is 566 g/mol. The summed E-state index contributed by atoms with van der Waals surface area (Å²) in [6.07, 6.45) is 12.0. The summed E-state index contributed by atoms with van der Waals surface area (Å²) < 4.78 is 10.0. The van der Waals surface area contributed by atoms with Gasteiger partial charge in [0.05, 0.1) is 24.6 Å². The molecular formula is C33H46N2O6. The maximum atomic E-state index is 13.7. The summed E-state index contributed by atoms with van der Waals surface area (Å²) in [4.78, 5) is 52.8. The first-order chi connectivity index (χ1) is 19.8. The molecule has 41 heavy (non-hydrogen) atoms. The third kappa shape index (κ3) is 6.46. The van der Waals surface area contributed by atoms with E-state index in [1.54, 1.807) is 43.0 Å². The van der Waals surface area contributed by atoms with Crippen molar-refractivity contribution in [3.8, 4) is 0 Å². The van der Waals surface area contributed by atoms with Crippen molar-refractivity contribution >= 4 is 35.1 Å². The fraction of sp³-hybridized carbons (Fsp3) is 0.697. The summed E-state index contributed by atoms with van der Waals surface area (Å²) in [5.41, 5.74) is 0.704. The van der Waals surface area contributed by atoms with E-state index in [4.69, 9.17) is 9.47 Å². The van der Waals surface area contributed by atoms with Crippen molar-refractivity contribution in [3.05, 3.63) is 24.3 Å². The Morgan fingerprint density at radius 2 is 1.41 bits per heavy atom. The van der Waals surface area contributed by atoms with Crippen LogP contribution >= 0.6 is 0 Å². The molecule has 0 aliphatic heterocycles. The van der Waals surface area contributed by atoms with Gasteiger partial charge in [-0.25, -0.2) is 9.59 Å². The maximum Gasteiger partial charge on any atom is 0.397 e. The summed E-state index contributed by atoms with van der Waals surface area (Å²) in [5, 5.41) is 2.62. The Balaban J connectivity index is 1.41. The standard InChI is InChI=1S/C33H46N2O6/c1-4-40-32(38)30(36)34-27-11-6-7-12-28(27)35(31(37)33(39)41-5-2)26-18-23-9-8-10-24(19-26)29(23)25-16-21-13-20(3)14-22(15-21)17-25/h6-7,11-12,20-26,29H,4-5,8-10,13-19H2,1-3H3,(H,34,36)/t20?,21-,22+,23-,24+,25?,26?,29?. The first kappa shape index (κ1) is 29.6. The van der Waals surface area contributed by atoms with Gasteiger partial charge in [0.25, 0.3) is 0 Å². The number of hydrogen-bond donors (Lipinski definition) is 1. The topological polar surface area (TPSA) is 102 Å². The summed E-state index contributed by atoms with van der Waals surface area (Å²) >= 11 is 0. The van der Waals surface area contributed by atoms with Gasteiger partial charge in [-0.05, 0) is 112 Å². The quantitative estimate of drug-likeness (QED) is 0.348. The highest BCUT2D eigenvalue weighted by atomic mass is 16.5. The van der Waals surface area contributed by atoms with Gasteiger partial charge in [0.15, 0.2) is 0 Å². The average molecular weight is 567 g/mol. The van der Waals surface area contributed by atoms with Crippen LogP contribution in [-0.4, -0.2) is 43.0 Å². The molecule has 8 atom stereocenters. The number of ether oxygens (including phenoxy) is 2. The van der Waals surface area contributed by atoms with E-state index in [1.807, 2.05) is 0 Å². The Morgan fingerprint density at radius 1 is 0.805 bits per heavy atom. The zero-order valence-corrected chi connectivity index (χ0v) is 24.8.